The molecular weight excluding hydrogens is 308 g/mol. The van der Waals surface area contributed by atoms with Gasteiger partial charge in [0.1, 0.15) is 12.6 Å². The SMILES string of the molecule is CCCC(NC(=O)c1ccnc(OCc2ccccc2)c1)C(=O)O. The van der Waals surface area contributed by atoms with Crippen LogP contribution in [-0.2, 0) is 11.4 Å². The normalized spacial score (nSPS) is 11.5. The maximum Gasteiger partial charge on any atom is 0.326 e. The summed E-state index contributed by atoms with van der Waals surface area (Å²) in [6.45, 7) is 2.20. The van der Waals surface area contributed by atoms with Gasteiger partial charge in [0.2, 0.25) is 5.88 Å². The Morgan fingerprint density at radius 3 is 2.67 bits per heavy atom. The third-order valence-electron chi connectivity index (χ3n) is 3.41. The molecule has 1 unspecified atom stereocenters. The van der Waals surface area contributed by atoms with Gasteiger partial charge < -0.3 is 15.2 Å². The quantitative estimate of drug-likeness (QED) is 0.778. The molecule has 0 aliphatic heterocycles. The minimum absolute atomic E-state index is 0.314. The van der Waals surface area contributed by atoms with Crippen LogP contribution in [-0.4, -0.2) is 28.0 Å². The number of hydrogen-bond acceptors (Lipinski definition) is 4. The summed E-state index contributed by atoms with van der Waals surface area (Å²) in [5.74, 6) is -1.18. The number of nitrogens with one attached hydrogen (secondary N) is 1. The second-order valence-corrected chi connectivity index (χ2v) is 5.31. The molecule has 0 saturated carbocycles. The fourth-order valence-corrected chi connectivity index (χ4v) is 2.15. The lowest BCUT2D eigenvalue weighted by molar-refractivity contribution is -0.139. The molecule has 126 valence electrons. The van der Waals surface area contributed by atoms with Gasteiger partial charge in [0.05, 0.1) is 0 Å². The summed E-state index contributed by atoms with van der Waals surface area (Å²) in [7, 11) is 0. The molecular formula is C18H20N2O4. The number of benzene rings is 1. The van der Waals surface area contributed by atoms with E-state index in [1.165, 1.54) is 18.3 Å². The second-order valence-electron chi connectivity index (χ2n) is 5.31. The van der Waals surface area contributed by atoms with Crippen LogP contribution >= 0.6 is 0 Å². The number of nitrogens with zero attached hydrogens (tertiary/aromatic N) is 1. The molecule has 1 amide bonds. The molecule has 0 radical (unpaired) electrons. The van der Waals surface area contributed by atoms with Crippen LogP contribution < -0.4 is 10.1 Å². The van der Waals surface area contributed by atoms with Crippen LogP contribution in [0.4, 0.5) is 0 Å². The second kappa shape index (κ2) is 8.67. The van der Waals surface area contributed by atoms with E-state index >= 15 is 0 Å². The summed E-state index contributed by atoms with van der Waals surface area (Å²) in [6.07, 6.45) is 2.51. The molecule has 2 rings (SSSR count). The van der Waals surface area contributed by atoms with Gasteiger partial charge >= 0.3 is 5.97 Å². The van der Waals surface area contributed by atoms with Crippen molar-refractivity contribution in [3.63, 3.8) is 0 Å². The lowest BCUT2D eigenvalue weighted by Gasteiger charge is -2.13. The highest BCUT2D eigenvalue weighted by Gasteiger charge is 2.19. The summed E-state index contributed by atoms with van der Waals surface area (Å²) in [4.78, 5) is 27.4. The first-order chi connectivity index (χ1) is 11.6. The van der Waals surface area contributed by atoms with Crippen molar-refractivity contribution >= 4 is 11.9 Å². The highest BCUT2D eigenvalue weighted by molar-refractivity contribution is 5.96. The number of amides is 1. The van der Waals surface area contributed by atoms with Crippen molar-refractivity contribution in [1.29, 1.82) is 0 Å². The van der Waals surface area contributed by atoms with E-state index in [0.717, 1.165) is 5.56 Å². The lowest BCUT2D eigenvalue weighted by Crippen LogP contribution is -2.40. The summed E-state index contributed by atoms with van der Waals surface area (Å²) in [5, 5.41) is 11.6. The molecule has 1 atom stereocenters. The van der Waals surface area contributed by atoms with Gasteiger partial charge in [0.25, 0.3) is 5.91 Å². The van der Waals surface area contributed by atoms with Crippen molar-refractivity contribution in [2.45, 2.75) is 32.4 Å². The van der Waals surface area contributed by atoms with E-state index in [1.54, 1.807) is 0 Å². The van der Waals surface area contributed by atoms with E-state index in [0.29, 0.717) is 30.9 Å². The van der Waals surface area contributed by atoms with Gasteiger partial charge in [0.15, 0.2) is 0 Å². The van der Waals surface area contributed by atoms with Crippen molar-refractivity contribution in [3.05, 3.63) is 59.8 Å². The maximum absolute atomic E-state index is 12.2. The molecule has 0 spiro atoms. The van der Waals surface area contributed by atoms with Gasteiger partial charge in [-0.15, -0.1) is 0 Å². The molecule has 2 aromatic rings. The van der Waals surface area contributed by atoms with E-state index in [4.69, 9.17) is 9.84 Å². The van der Waals surface area contributed by atoms with Gasteiger partial charge in [-0.05, 0) is 18.1 Å². The monoisotopic (exact) mass is 328 g/mol. The van der Waals surface area contributed by atoms with Gasteiger partial charge in [-0.25, -0.2) is 9.78 Å². The van der Waals surface area contributed by atoms with Crippen LogP contribution in [0.25, 0.3) is 0 Å². The predicted octanol–water partition coefficient (Wildman–Crippen LogP) is 2.64. The number of hydrogen-bond donors (Lipinski definition) is 2. The van der Waals surface area contributed by atoms with Crippen molar-refractivity contribution in [2.75, 3.05) is 0 Å². The van der Waals surface area contributed by atoms with Crippen LogP contribution in [0.2, 0.25) is 0 Å². The van der Waals surface area contributed by atoms with Crippen LogP contribution in [0.15, 0.2) is 48.7 Å². The summed E-state index contributed by atoms with van der Waals surface area (Å²) in [5.41, 5.74) is 1.30. The zero-order valence-electron chi connectivity index (χ0n) is 13.4. The van der Waals surface area contributed by atoms with Crippen LogP contribution in [0.5, 0.6) is 5.88 Å². The van der Waals surface area contributed by atoms with E-state index in [2.05, 4.69) is 10.3 Å². The Labute approximate surface area is 140 Å². The molecule has 0 aliphatic carbocycles. The molecule has 0 bridgehead atoms. The van der Waals surface area contributed by atoms with Crippen molar-refractivity contribution in [2.24, 2.45) is 0 Å². The number of carbonyl (C=O) groups is 2. The first kappa shape index (κ1) is 17.5. The van der Waals surface area contributed by atoms with Gasteiger partial charge in [-0.2, -0.15) is 0 Å². The average Bonchev–Trinajstić information content (AvgIpc) is 2.60. The number of carbonyl (C=O) groups excluding carboxylic acids is 1. The number of carboxylic acids is 1. The Morgan fingerprint density at radius 1 is 1.25 bits per heavy atom. The number of pyridine rings is 1. The fraction of sp³-hybridized carbons (Fsp3) is 0.278. The Morgan fingerprint density at radius 2 is 2.00 bits per heavy atom. The van der Waals surface area contributed by atoms with Crippen molar-refractivity contribution < 1.29 is 19.4 Å². The number of aliphatic carboxylic acids is 1. The van der Waals surface area contributed by atoms with Crippen molar-refractivity contribution in [3.8, 4) is 5.88 Å². The van der Waals surface area contributed by atoms with E-state index in [9.17, 15) is 9.59 Å². The molecule has 1 aromatic carbocycles. The Kier molecular flexibility index (Phi) is 6.31. The molecule has 6 heteroatoms. The predicted molar refractivity (Wildman–Crippen MR) is 88.8 cm³/mol. The molecule has 0 fully saturated rings. The van der Waals surface area contributed by atoms with Crippen LogP contribution in [0, 0.1) is 0 Å². The standard InChI is InChI=1S/C18H20N2O4/c1-2-6-15(18(22)23)20-17(21)14-9-10-19-16(11-14)24-12-13-7-4-3-5-8-13/h3-5,7-11,15H,2,6,12H2,1H3,(H,20,21)(H,22,23). The highest BCUT2D eigenvalue weighted by Crippen LogP contribution is 2.12. The molecule has 2 N–H and O–H groups in total. The minimum Gasteiger partial charge on any atom is -0.480 e. The van der Waals surface area contributed by atoms with E-state index in [1.807, 2.05) is 37.3 Å². The Bertz CT molecular complexity index is 688. The smallest absolute Gasteiger partial charge is 0.326 e. The van der Waals surface area contributed by atoms with E-state index in [-0.39, 0.29) is 0 Å². The molecule has 24 heavy (non-hydrogen) atoms. The molecule has 0 saturated heterocycles. The molecule has 1 heterocycles. The Hall–Kier alpha value is -2.89. The summed E-state index contributed by atoms with van der Waals surface area (Å²) < 4.78 is 5.58. The third kappa shape index (κ3) is 5.08. The zero-order valence-corrected chi connectivity index (χ0v) is 13.4. The lowest BCUT2D eigenvalue weighted by atomic mass is 10.1. The molecule has 6 nitrogen and oxygen atoms in total. The van der Waals surface area contributed by atoms with Gasteiger partial charge in [-0.1, -0.05) is 43.7 Å². The van der Waals surface area contributed by atoms with Gasteiger partial charge in [-0.3, -0.25) is 4.79 Å². The average molecular weight is 328 g/mol. The topological polar surface area (TPSA) is 88.5 Å². The number of ether oxygens (including phenoxy) is 1. The minimum atomic E-state index is -1.04. The molecule has 0 aliphatic rings. The largest absolute Gasteiger partial charge is 0.480 e. The van der Waals surface area contributed by atoms with E-state index < -0.39 is 17.9 Å². The third-order valence-corrected chi connectivity index (χ3v) is 3.41. The summed E-state index contributed by atoms with van der Waals surface area (Å²) >= 11 is 0. The number of rotatable bonds is 8. The number of carboxylic acid groups (broad SMARTS) is 1. The van der Waals surface area contributed by atoms with Gasteiger partial charge in [0, 0.05) is 17.8 Å². The fourth-order valence-electron chi connectivity index (χ4n) is 2.15. The zero-order chi connectivity index (χ0) is 17.4. The summed E-state index contributed by atoms with van der Waals surface area (Å²) in [6, 6.07) is 11.7. The van der Waals surface area contributed by atoms with Crippen molar-refractivity contribution in [1.82, 2.24) is 10.3 Å². The Balaban J connectivity index is 2.00. The maximum atomic E-state index is 12.2. The highest BCUT2D eigenvalue weighted by atomic mass is 16.5. The molecule has 1 aromatic heterocycles. The number of aromatic nitrogens is 1. The van der Waals surface area contributed by atoms with Crippen LogP contribution in [0.1, 0.15) is 35.7 Å². The first-order valence-electron chi connectivity index (χ1n) is 7.76. The van der Waals surface area contributed by atoms with Crippen LogP contribution in [0.3, 0.4) is 0 Å². The first-order valence-corrected chi connectivity index (χ1v) is 7.76.